The average Bonchev–Trinajstić information content (AvgIpc) is 2.48. The van der Waals surface area contributed by atoms with Crippen LogP contribution in [0, 0.1) is 0 Å². The number of carbonyl (C=O) groups is 1. The molecule has 0 aliphatic heterocycles. The van der Waals surface area contributed by atoms with Gasteiger partial charge in [0.2, 0.25) is 0 Å². The molecule has 4 heteroatoms. The van der Waals surface area contributed by atoms with Crippen LogP contribution < -0.4 is 10.4 Å². The molecule has 3 aromatic rings. The van der Waals surface area contributed by atoms with Gasteiger partial charge in [0.25, 0.3) is 0 Å². The second kappa shape index (κ2) is 5.25. The van der Waals surface area contributed by atoms with E-state index in [-0.39, 0.29) is 11.4 Å². The van der Waals surface area contributed by atoms with Crippen LogP contribution in [-0.4, -0.2) is 5.78 Å². The van der Waals surface area contributed by atoms with Crippen molar-refractivity contribution in [2.75, 3.05) is 0 Å². The Kier molecular flexibility index (Phi) is 3.28. The maximum atomic E-state index is 11.7. The largest absolute Gasteiger partial charge is 0.453 e. The minimum atomic E-state index is -0.572. The first-order chi connectivity index (χ1) is 10.1. The van der Waals surface area contributed by atoms with Gasteiger partial charge in [-0.15, -0.1) is 0 Å². The molecule has 0 bridgehead atoms. The standard InChI is InChI=1S/C17H12O4/c1-11(18)14-10-16(19)21-17-13(14)8-5-9-15(17)20-12-6-3-2-4-7-12/h2-10H,1H3. The summed E-state index contributed by atoms with van der Waals surface area (Å²) in [4.78, 5) is 23.3. The molecule has 0 N–H and O–H groups in total. The molecule has 4 nitrogen and oxygen atoms in total. The molecule has 0 saturated carbocycles. The van der Waals surface area contributed by atoms with Crippen molar-refractivity contribution in [3.63, 3.8) is 0 Å². The Labute approximate surface area is 120 Å². The quantitative estimate of drug-likeness (QED) is 0.541. The normalized spacial score (nSPS) is 10.5. The average molecular weight is 280 g/mol. The van der Waals surface area contributed by atoms with Gasteiger partial charge in [-0.2, -0.15) is 0 Å². The SMILES string of the molecule is CC(=O)c1cc(=O)oc2c(Oc3ccccc3)cccc12. The molecule has 3 rings (SSSR count). The third-order valence-corrected chi connectivity index (χ3v) is 3.08. The number of carbonyl (C=O) groups excluding carboxylic acids is 1. The second-order valence-electron chi connectivity index (χ2n) is 4.58. The van der Waals surface area contributed by atoms with Crippen LogP contribution in [0.4, 0.5) is 0 Å². The fraction of sp³-hybridized carbons (Fsp3) is 0.0588. The summed E-state index contributed by atoms with van der Waals surface area (Å²) >= 11 is 0. The smallest absolute Gasteiger partial charge is 0.337 e. The van der Waals surface area contributed by atoms with E-state index >= 15 is 0 Å². The van der Waals surface area contributed by atoms with Gasteiger partial charge in [-0.3, -0.25) is 4.79 Å². The van der Waals surface area contributed by atoms with Gasteiger partial charge < -0.3 is 9.15 Å². The Morgan fingerprint density at radius 1 is 1.05 bits per heavy atom. The lowest BCUT2D eigenvalue weighted by Gasteiger charge is -2.09. The number of fused-ring (bicyclic) bond motifs is 1. The number of Topliss-reactive ketones (excluding diaryl/α,β-unsaturated/α-hetero) is 1. The first kappa shape index (κ1) is 13.1. The molecule has 0 aliphatic carbocycles. The molecule has 0 aliphatic rings. The molecule has 21 heavy (non-hydrogen) atoms. The van der Waals surface area contributed by atoms with E-state index in [1.54, 1.807) is 30.3 Å². The third-order valence-electron chi connectivity index (χ3n) is 3.08. The summed E-state index contributed by atoms with van der Waals surface area (Å²) < 4.78 is 11.0. The van der Waals surface area contributed by atoms with E-state index in [0.29, 0.717) is 22.4 Å². The lowest BCUT2D eigenvalue weighted by molar-refractivity contribution is 0.101. The molecule has 0 spiro atoms. The van der Waals surface area contributed by atoms with Crippen molar-refractivity contribution >= 4 is 16.8 Å². The van der Waals surface area contributed by atoms with Crippen molar-refractivity contribution in [3.05, 3.63) is 70.6 Å². The Bertz CT molecular complexity index is 863. The number of rotatable bonds is 3. The maximum Gasteiger partial charge on any atom is 0.337 e. The van der Waals surface area contributed by atoms with Gasteiger partial charge in [0.1, 0.15) is 5.75 Å². The molecule has 0 fully saturated rings. The first-order valence-corrected chi connectivity index (χ1v) is 6.46. The van der Waals surface area contributed by atoms with Crippen molar-refractivity contribution in [3.8, 4) is 11.5 Å². The van der Waals surface area contributed by atoms with E-state index in [2.05, 4.69) is 0 Å². The summed E-state index contributed by atoms with van der Waals surface area (Å²) in [5.41, 5.74) is 0.0376. The van der Waals surface area contributed by atoms with Crippen molar-refractivity contribution in [2.24, 2.45) is 0 Å². The highest BCUT2D eigenvalue weighted by atomic mass is 16.5. The fourth-order valence-corrected chi connectivity index (χ4v) is 2.15. The minimum Gasteiger partial charge on any atom is -0.453 e. The molecule has 0 unspecified atom stereocenters. The number of ether oxygens (including phenoxy) is 1. The van der Waals surface area contributed by atoms with E-state index in [1.165, 1.54) is 13.0 Å². The monoisotopic (exact) mass is 280 g/mol. The van der Waals surface area contributed by atoms with Crippen LogP contribution in [-0.2, 0) is 0 Å². The highest BCUT2D eigenvalue weighted by Crippen LogP contribution is 2.30. The number of hydrogen-bond acceptors (Lipinski definition) is 4. The van der Waals surface area contributed by atoms with Gasteiger partial charge >= 0.3 is 5.63 Å². The number of hydrogen-bond donors (Lipinski definition) is 0. The zero-order chi connectivity index (χ0) is 14.8. The Morgan fingerprint density at radius 3 is 2.52 bits per heavy atom. The Hall–Kier alpha value is -2.88. The maximum absolute atomic E-state index is 11.7. The summed E-state index contributed by atoms with van der Waals surface area (Å²) in [6.45, 7) is 1.42. The van der Waals surface area contributed by atoms with Gasteiger partial charge in [0, 0.05) is 17.0 Å². The lowest BCUT2D eigenvalue weighted by Crippen LogP contribution is -2.04. The minimum absolute atomic E-state index is 0.190. The lowest BCUT2D eigenvalue weighted by atomic mass is 10.1. The zero-order valence-corrected chi connectivity index (χ0v) is 11.3. The highest BCUT2D eigenvalue weighted by molar-refractivity contribution is 6.06. The second-order valence-corrected chi connectivity index (χ2v) is 4.58. The molecule has 0 saturated heterocycles. The topological polar surface area (TPSA) is 56.5 Å². The van der Waals surface area contributed by atoms with Gasteiger partial charge in [-0.25, -0.2) is 4.79 Å². The summed E-state index contributed by atoms with van der Waals surface area (Å²) in [6.07, 6.45) is 0. The van der Waals surface area contributed by atoms with Gasteiger partial charge in [-0.05, 0) is 25.1 Å². The number of benzene rings is 2. The van der Waals surface area contributed by atoms with Crippen LogP contribution in [0.1, 0.15) is 17.3 Å². The molecule has 0 radical (unpaired) electrons. The van der Waals surface area contributed by atoms with Crippen molar-refractivity contribution in [1.82, 2.24) is 0 Å². The Morgan fingerprint density at radius 2 is 1.81 bits per heavy atom. The highest BCUT2D eigenvalue weighted by Gasteiger charge is 2.13. The van der Waals surface area contributed by atoms with Gasteiger partial charge in [0.15, 0.2) is 17.1 Å². The summed E-state index contributed by atoms with van der Waals surface area (Å²) in [5, 5.41) is 0.565. The van der Waals surface area contributed by atoms with E-state index in [4.69, 9.17) is 9.15 Å². The molecular formula is C17H12O4. The van der Waals surface area contributed by atoms with Crippen LogP contribution in [0.3, 0.4) is 0 Å². The van der Waals surface area contributed by atoms with Crippen LogP contribution in [0.25, 0.3) is 11.0 Å². The summed E-state index contributed by atoms with van der Waals surface area (Å²) in [6, 6.07) is 15.6. The molecular weight excluding hydrogens is 268 g/mol. The molecule has 104 valence electrons. The number of para-hydroxylation sites is 2. The summed E-state index contributed by atoms with van der Waals surface area (Å²) in [5.74, 6) is 0.838. The molecule has 1 aromatic heterocycles. The summed E-state index contributed by atoms with van der Waals surface area (Å²) in [7, 11) is 0. The molecule has 1 heterocycles. The van der Waals surface area contributed by atoms with Crippen molar-refractivity contribution in [2.45, 2.75) is 6.92 Å². The first-order valence-electron chi connectivity index (χ1n) is 6.46. The predicted octanol–water partition coefficient (Wildman–Crippen LogP) is 3.79. The molecule has 0 amide bonds. The molecule has 0 atom stereocenters. The van der Waals surface area contributed by atoms with E-state index in [9.17, 15) is 9.59 Å². The Balaban J connectivity index is 2.20. The van der Waals surface area contributed by atoms with Crippen LogP contribution in [0.2, 0.25) is 0 Å². The third kappa shape index (κ3) is 2.56. The van der Waals surface area contributed by atoms with E-state index in [1.807, 2.05) is 18.2 Å². The predicted molar refractivity (Wildman–Crippen MR) is 79.0 cm³/mol. The van der Waals surface area contributed by atoms with Crippen LogP contribution >= 0.6 is 0 Å². The molecule has 2 aromatic carbocycles. The van der Waals surface area contributed by atoms with Gasteiger partial charge in [0.05, 0.1) is 0 Å². The van der Waals surface area contributed by atoms with Crippen molar-refractivity contribution < 1.29 is 13.9 Å². The van der Waals surface area contributed by atoms with Crippen LogP contribution in [0.5, 0.6) is 11.5 Å². The van der Waals surface area contributed by atoms with Gasteiger partial charge in [-0.1, -0.05) is 30.3 Å². The van der Waals surface area contributed by atoms with Crippen LogP contribution in [0.15, 0.2) is 63.8 Å². The van der Waals surface area contributed by atoms with Crippen molar-refractivity contribution in [1.29, 1.82) is 0 Å². The fourth-order valence-electron chi connectivity index (χ4n) is 2.15. The zero-order valence-electron chi connectivity index (χ0n) is 11.3. The van der Waals surface area contributed by atoms with E-state index < -0.39 is 5.63 Å². The van der Waals surface area contributed by atoms with E-state index in [0.717, 1.165) is 0 Å². The number of ketones is 1.